The van der Waals surface area contributed by atoms with Crippen molar-refractivity contribution in [3.8, 4) is 57.1 Å². The number of methoxy groups -OCH3 is 6. The largest absolute Gasteiger partial charge is 0.493 e. The molecule has 4 aromatic carbocycles. The van der Waals surface area contributed by atoms with E-state index in [0.717, 1.165) is 22.3 Å². The number of carbonyl (C=O) groups is 2. The second-order valence-corrected chi connectivity index (χ2v) is 11.2. The van der Waals surface area contributed by atoms with Crippen molar-refractivity contribution >= 4 is 11.9 Å². The second kappa shape index (κ2) is 13.7. The summed E-state index contributed by atoms with van der Waals surface area (Å²) in [6.07, 6.45) is 0. The Morgan fingerprint density at radius 1 is 0.490 bits per heavy atom. The lowest BCUT2D eigenvalue weighted by molar-refractivity contribution is -0.131. The van der Waals surface area contributed by atoms with Crippen molar-refractivity contribution in [3.63, 3.8) is 0 Å². The summed E-state index contributed by atoms with van der Waals surface area (Å²) in [4.78, 5) is 25.6. The summed E-state index contributed by atoms with van der Waals surface area (Å²) in [5.74, 6) is -0.233. The zero-order valence-corrected chi connectivity index (χ0v) is 28.8. The first kappa shape index (κ1) is 34.4. The zero-order valence-electron chi connectivity index (χ0n) is 28.8. The molecule has 0 unspecified atom stereocenters. The van der Waals surface area contributed by atoms with Crippen molar-refractivity contribution in [1.29, 1.82) is 0 Å². The van der Waals surface area contributed by atoms with Crippen LogP contribution < -0.4 is 37.9 Å². The number of fused-ring (bicyclic) bond motifs is 3. The van der Waals surface area contributed by atoms with Gasteiger partial charge >= 0.3 is 11.9 Å². The molecule has 49 heavy (non-hydrogen) atoms. The highest BCUT2D eigenvalue weighted by atomic mass is 16.6. The van der Waals surface area contributed by atoms with E-state index in [2.05, 4.69) is 13.2 Å². The molecule has 10 heteroatoms. The predicted molar refractivity (Wildman–Crippen MR) is 184 cm³/mol. The average Bonchev–Trinajstić information content (AvgIpc) is 3.41. The van der Waals surface area contributed by atoms with Gasteiger partial charge in [-0.3, -0.25) is 0 Å². The maximum Gasteiger partial charge on any atom is 0.338 e. The first-order chi connectivity index (χ1) is 23.5. The molecule has 0 radical (unpaired) electrons. The van der Waals surface area contributed by atoms with Gasteiger partial charge in [0.05, 0.1) is 48.1 Å². The number of hydrogen-bond acceptors (Lipinski definition) is 10. The molecule has 0 heterocycles. The fourth-order valence-electron chi connectivity index (χ4n) is 6.35. The molecule has 0 amide bonds. The van der Waals surface area contributed by atoms with E-state index in [1.54, 1.807) is 26.0 Å². The predicted octanol–water partition coefficient (Wildman–Crippen LogP) is 7.06. The lowest BCUT2D eigenvalue weighted by atomic mass is 9.66. The van der Waals surface area contributed by atoms with Crippen molar-refractivity contribution in [1.82, 2.24) is 0 Å². The first-order valence-corrected chi connectivity index (χ1v) is 15.2. The number of benzene rings is 4. The fraction of sp³-hybridized carbons (Fsp3) is 0.231. The van der Waals surface area contributed by atoms with Crippen LogP contribution >= 0.6 is 0 Å². The Balaban J connectivity index is 2.04. The molecule has 0 fully saturated rings. The third kappa shape index (κ3) is 5.39. The molecule has 10 nitrogen and oxygen atoms in total. The molecule has 0 atom stereocenters. The van der Waals surface area contributed by atoms with Crippen molar-refractivity contribution in [3.05, 3.63) is 107 Å². The maximum atomic E-state index is 12.8. The minimum atomic E-state index is -1.25. The summed E-state index contributed by atoms with van der Waals surface area (Å²) in [7, 11) is 8.81. The van der Waals surface area contributed by atoms with Gasteiger partial charge in [0.2, 0.25) is 23.0 Å². The van der Waals surface area contributed by atoms with E-state index in [1.807, 2.05) is 48.5 Å². The highest BCUT2D eigenvalue weighted by Crippen LogP contribution is 2.64. The second-order valence-electron chi connectivity index (χ2n) is 11.2. The third-order valence-corrected chi connectivity index (χ3v) is 8.42. The Bertz CT molecular complexity index is 1850. The molecule has 0 bridgehead atoms. The van der Waals surface area contributed by atoms with Crippen LogP contribution in [0.25, 0.3) is 11.1 Å². The van der Waals surface area contributed by atoms with E-state index in [-0.39, 0.29) is 57.1 Å². The van der Waals surface area contributed by atoms with Gasteiger partial charge in [0, 0.05) is 22.3 Å². The van der Waals surface area contributed by atoms with Crippen molar-refractivity contribution in [2.24, 2.45) is 0 Å². The van der Waals surface area contributed by atoms with Crippen LogP contribution in [0, 0.1) is 0 Å². The Morgan fingerprint density at radius 2 is 0.837 bits per heavy atom. The van der Waals surface area contributed by atoms with Gasteiger partial charge in [0.15, 0.2) is 23.0 Å². The summed E-state index contributed by atoms with van der Waals surface area (Å²) >= 11 is 0. The van der Waals surface area contributed by atoms with Crippen LogP contribution in [0.5, 0.6) is 46.0 Å². The molecule has 1 aliphatic carbocycles. The number of esters is 2. The smallest absolute Gasteiger partial charge is 0.338 e. The SMILES string of the molecule is C=C(C)C(=O)Oc1c(OC)cc(C2(c3cc(OC)c(OC(=O)C(=C)C)c(OC)c3OC)c3ccccc3-c3ccccc32)c(OC)c1OC. The standard InChI is InChI=1S/C39H38O10/c1-21(2)37(40)48-33-29(42-5)19-27(31(44-7)35(33)46-9)39(25-17-13-11-15-23(25)24-16-12-14-18-26(24)39)28-20-30(43-6)34(49-38(41)22(3)4)36(47-10)32(28)45-8/h11-20H,1,3H2,2,4-10H3. The van der Waals surface area contributed by atoms with E-state index in [4.69, 9.17) is 37.9 Å². The quantitative estimate of drug-likeness (QED) is 0.0780. The highest BCUT2D eigenvalue weighted by Gasteiger charge is 2.52. The van der Waals surface area contributed by atoms with E-state index >= 15 is 0 Å². The number of rotatable bonds is 12. The summed E-state index contributed by atoms with van der Waals surface area (Å²) in [6, 6.07) is 19.4. The minimum absolute atomic E-state index is 0.0116. The summed E-state index contributed by atoms with van der Waals surface area (Å²) < 4.78 is 47.4. The van der Waals surface area contributed by atoms with Gasteiger partial charge in [0.25, 0.3) is 0 Å². The van der Waals surface area contributed by atoms with Crippen LogP contribution in [0.2, 0.25) is 0 Å². The molecule has 0 aliphatic heterocycles. The first-order valence-electron chi connectivity index (χ1n) is 15.2. The van der Waals surface area contributed by atoms with Crippen LogP contribution in [-0.2, 0) is 15.0 Å². The van der Waals surface area contributed by atoms with E-state index < -0.39 is 17.4 Å². The third-order valence-electron chi connectivity index (χ3n) is 8.42. The monoisotopic (exact) mass is 666 g/mol. The summed E-state index contributed by atoms with van der Waals surface area (Å²) in [6.45, 7) is 10.5. The van der Waals surface area contributed by atoms with Crippen LogP contribution in [0.3, 0.4) is 0 Å². The molecule has 0 saturated heterocycles. The normalized spacial score (nSPS) is 12.2. The lowest BCUT2D eigenvalue weighted by Crippen LogP contribution is -2.30. The molecular formula is C39H38O10. The average molecular weight is 667 g/mol. The van der Waals surface area contributed by atoms with Crippen molar-refractivity contribution in [2.75, 3.05) is 42.7 Å². The molecule has 0 saturated carbocycles. The number of carbonyl (C=O) groups excluding carboxylic acids is 2. The van der Waals surface area contributed by atoms with Gasteiger partial charge in [0.1, 0.15) is 0 Å². The topological polar surface area (TPSA) is 108 Å². The molecule has 5 rings (SSSR count). The van der Waals surface area contributed by atoms with Gasteiger partial charge in [-0.1, -0.05) is 61.7 Å². The lowest BCUT2D eigenvalue weighted by Gasteiger charge is -2.37. The molecule has 0 aromatic heterocycles. The molecule has 4 aromatic rings. The van der Waals surface area contributed by atoms with Crippen molar-refractivity contribution < 1.29 is 47.5 Å². The Kier molecular flexibility index (Phi) is 9.61. The zero-order chi connectivity index (χ0) is 35.6. The summed E-state index contributed by atoms with van der Waals surface area (Å²) in [5.41, 5.74) is 3.77. The van der Waals surface area contributed by atoms with Gasteiger partial charge in [-0.25, -0.2) is 9.59 Å². The number of hydrogen-bond donors (Lipinski definition) is 0. The Morgan fingerprint density at radius 3 is 1.14 bits per heavy atom. The summed E-state index contributed by atoms with van der Waals surface area (Å²) in [5, 5.41) is 0. The Hall–Kier alpha value is -5.90. The maximum absolute atomic E-state index is 12.8. The van der Waals surface area contributed by atoms with E-state index in [0.29, 0.717) is 11.1 Å². The van der Waals surface area contributed by atoms with Crippen LogP contribution in [0.1, 0.15) is 36.1 Å². The number of ether oxygens (including phenoxy) is 8. The van der Waals surface area contributed by atoms with E-state index in [1.165, 1.54) is 42.7 Å². The van der Waals surface area contributed by atoms with Crippen LogP contribution in [0.15, 0.2) is 85.0 Å². The molecule has 0 spiro atoms. The molecule has 0 N–H and O–H groups in total. The van der Waals surface area contributed by atoms with Crippen LogP contribution in [-0.4, -0.2) is 54.6 Å². The molecular weight excluding hydrogens is 628 g/mol. The van der Waals surface area contributed by atoms with Gasteiger partial charge in [-0.05, 0) is 48.2 Å². The fourth-order valence-corrected chi connectivity index (χ4v) is 6.35. The van der Waals surface area contributed by atoms with Gasteiger partial charge in [-0.15, -0.1) is 0 Å². The molecule has 1 aliphatic rings. The molecule has 254 valence electrons. The van der Waals surface area contributed by atoms with Gasteiger partial charge < -0.3 is 37.9 Å². The van der Waals surface area contributed by atoms with Gasteiger partial charge in [-0.2, -0.15) is 0 Å². The highest BCUT2D eigenvalue weighted by molar-refractivity contribution is 5.93. The van der Waals surface area contributed by atoms with E-state index in [9.17, 15) is 9.59 Å². The Labute approximate surface area is 285 Å². The van der Waals surface area contributed by atoms with Crippen LogP contribution in [0.4, 0.5) is 0 Å². The minimum Gasteiger partial charge on any atom is -0.493 e. The van der Waals surface area contributed by atoms with Crippen molar-refractivity contribution in [2.45, 2.75) is 19.3 Å².